The van der Waals surface area contributed by atoms with Crippen LogP contribution in [0.3, 0.4) is 0 Å². The molecule has 2 aromatic heterocycles. The maximum Gasteiger partial charge on any atom is 0.326 e. The van der Waals surface area contributed by atoms with Gasteiger partial charge >= 0.3 is 5.97 Å². The van der Waals surface area contributed by atoms with E-state index in [1.807, 2.05) is 0 Å². The molecule has 3 heterocycles. The fraction of sp³-hybridized carbons (Fsp3) is 0.577. The summed E-state index contributed by atoms with van der Waals surface area (Å²) < 4.78 is 5.90. The van der Waals surface area contributed by atoms with Crippen LogP contribution >= 0.6 is 0 Å². The molecule has 2 aliphatic rings. The highest BCUT2D eigenvalue weighted by Crippen LogP contribution is 2.34. The van der Waals surface area contributed by atoms with Gasteiger partial charge < -0.3 is 20.5 Å². The number of aryl methyl sites for hydroxylation is 5. The summed E-state index contributed by atoms with van der Waals surface area (Å²) in [5, 5.41) is 15.6. The van der Waals surface area contributed by atoms with Gasteiger partial charge in [-0.3, -0.25) is 4.79 Å². The summed E-state index contributed by atoms with van der Waals surface area (Å²) in [6.07, 6.45) is 6.62. The highest BCUT2D eigenvalue weighted by atomic mass is 16.5. The van der Waals surface area contributed by atoms with E-state index in [1.165, 1.54) is 5.56 Å². The Morgan fingerprint density at radius 1 is 1.17 bits per heavy atom. The number of nitrogens with one attached hydrogen (secondary N) is 2. The van der Waals surface area contributed by atoms with Crippen molar-refractivity contribution in [1.82, 2.24) is 20.3 Å². The van der Waals surface area contributed by atoms with Crippen LogP contribution in [0.15, 0.2) is 12.1 Å². The number of fused-ring (bicyclic) bond motifs is 1. The first-order chi connectivity index (χ1) is 16.8. The molecule has 0 spiro atoms. The van der Waals surface area contributed by atoms with Crippen molar-refractivity contribution in [3.8, 4) is 0 Å². The quantitative estimate of drug-likeness (QED) is 0.472. The summed E-state index contributed by atoms with van der Waals surface area (Å²) >= 11 is 0. The molecule has 0 aromatic carbocycles. The van der Waals surface area contributed by atoms with Gasteiger partial charge in [0, 0.05) is 25.3 Å². The molecule has 4 rings (SSSR count). The van der Waals surface area contributed by atoms with Crippen molar-refractivity contribution >= 4 is 17.7 Å². The van der Waals surface area contributed by atoms with Gasteiger partial charge in [-0.15, -0.1) is 0 Å². The number of aromatic nitrogens is 3. The highest BCUT2D eigenvalue weighted by molar-refractivity contribution is 5.98. The second kappa shape index (κ2) is 11.1. The van der Waals surface area contributed by atoms with Crippen molar-refractivity contribution in [3.63, 3.8) is 0 Å². The molecular formula is C26H35N5O4. The zero-order chi connectivity index (χ0) is 24.9. The number of carboxylic acids is 1. The Labute approximate surface area is 206 Å². The molecule has 1 fully saturated rings. The SMILES string of the molecule is Cc1nc(C)c(C(=O)NC(CCOC2CC(CCc3ccc4c(n3)NCCC4)C2)C(=O)O)c(C)n1. The lowest BCUT2D eigenvalue weighted by atomic mass is 9.79. The average Bonchev–Trinajstić information content (AvgIpc) is 2.78. The molecule has 1 atom stereocenters. The smallest absolute Gasteiger partial charge is 0.326 e. The van der Waals surface area contributed by atoms with Gasteiger partial charge in [0.1, 0.15) is 17.7 Å². The van der Waals surface area contributed by atoms with E-state index in [0.29, 0.717) is 28.7 Å². The number of aliphatic carboxylic acids is 1. The van der Waals surface area contributed by atoms with Crippen LogP contribution in [-0.4, -0.2) is 57.2 Å². The van der Waals surface area contributed by atoms with E-state index < -0.39 is 17.9 Å². The van der Waals surface area contributed by atoms with Crippen LogP contribution in [0.2, 0.25) is 0 Å². The Bertz CT molecular complexity index is 1060. The second-order valence-corrected chi connectivity index (χ2v) is 9.68. The zero-order valence-corrected chi connectivity index (χ0v) is 20.8. The number of hydrogen-bond acceptors (Lipinski definition) is 7. The van der Waals surface area contributed by atoms with Crippen LogP contribution in [0.1, 0.15) is 70.9 Å². The molecule has 2 aromatic rings. The van der Waals surface area contributed by atoms with Crippen molar-refractivity contribution in [3.05, 3.63) is 46.2 Å². The first kappa shape index (κ1) is 25.0. The molecule has 9 nitrogen and oxygen atoms in total. The Hall–Kier alpha value is -3.07. The summed E-state index contributed by atoms with van der Waals surface area (Å²) in [6.45, 7) is 6.49. The lowest BCUT2D eigenvalue weighted by Crippen LogP contribution is -2.42. The largest absolute Gasteiger partial charge is 0.480 e. The number of carbonyl (C=O) groups excluding carboxylic acids is 1. The Morgan fingerprint density at radius 3 is 2.63 bits per heavy atom. The van der Waals surface area contributed by atoms with Crippen LogP contribution in [0.25, 0.3) is 0 Å². The minimum Gasteiger partial charge on any atom is -0.480 e. The first-order valence-electron chi connectivity index (χ1n) is 12.5. The molecule has 1 saturated carbocycles. The van der Waals surface area contributed by atoms with Gasteiger partial charge in [-0.25, -0.2) is 19.7 Å². The number of nitrogens with zero attached hydrogens (tertiary/aromatic N) is 3. The number of anilines is 1. The molecule has 1 aliphatic carbocycles. The van der Waals surface area contributed by atoms with Crippen molar-refractivity contribution < 1.29 is 19.4 Å². The summed E-state index contributed by atoms with van der Waals surface area (Å²) in [6, 6.07) is 3.31. The molecule has 0 saturated heterocycles. The van der Waals surface area contributed by atoms with Crippen molar-refractivity contribution in [1.29, 1.82) is 0 Å². The van der Waals surface area contributed by atoms with E-state index in [-0.39, 0.29) is 19.1 Å². The average molecular weight is 482 g/mol. The second-order valence-electron chi connectivity index (χ2n) is 9.68. The number of carboxylic acid groups (broad SMARTS) is 1. The molecule has 188 valence electrons. The van der Waals surface area contributed by atoms with E-state index in [0.717, 1.165) is 56.6 Å². The van der Waals surface area contributed by atoms with E-state index in [9.17, 15) is 14.7 Å². The molecule has 1 unspecified atom stereocenters. The highest BCUT2D eigenvalue weighted by Gasteiger charge is 2.30. The molecular weight excluding hydrogens is 446 g/mol. The molecule has 35 heavy (non-hydrogen) atoms. The third-order valence-corrected chi connectivity index (χ3v) is 6.93. The van der Waals surface area contributed by atoms with Crippen molar-refractivity contribution in [2.75, 3.05) is 18.5 Å². The third-order valence-electron chi connectivity index (χ3n) is 6.93. The van der Waals surface area contributed by atoms with Gasteiger partial charge in [-0.2, -0.15) is 0 Å². The molecule has 0 bridgehead atoms. The fourth-order valence-corrected chi connectivity index (χ4v) is 4.96. The van der Waals surface area contributed by atoms with E-state index >= 15 is 0 Å². The Morgan fingerprint density at radius 2 is 1.91 bits per heavy atom. The van der Waals surface area contributed by atoms with E-state index in [4.69, 9.17) is 9.72 Å². The number of amides is 1. The number of hydrogen-bond donors (Lipinski definition) is 3. The first-order valence-corrected chi connectivity index (χ1v) is 12.5. The molecule has 0 radical (unpaired) electrons. The van der Waals surface area contributed by atoms with Gasteiger partial charge in [-0.1, -0.05) is 6.07 Å². The normalized spacial score (nSPS) is 19.7. The van der Waals surface area contributed by atoms with Gasteiger partial charge in [0.2, 0.25) is 0 Å². The predicted octanol–water partition coefficient (Wildman–Crippen LogP) is 3.16. The standard InChI is InChI=1S/C26H35N5O4/c1-15-23(16(2)29-17(3)28-15)25(32)31-22(26(33)34)10-12-35-21-13-18(14-21)6-8-20-9-7-19-5-4-11-27-24(19)30-20/h7,9,18,21-22H,4-6,8,10-14H2,1-3H3,(H,27,30)(H,31,32)(H,33,34). The Balaban J connectivity index is 1.18. The lowest BCUT2D eigenvalue weighted by Gasteiger charge is -2.35. The fourth-order valence-electron chi connectivity index (χ4n) is 4.96. The van der Waals surface area contributed by atoms with Gasteiger partial charge in [0.25, 0.3) is 5.91 Å². The number of ether oxygens (including phenoxy) is 1. The lowest BCUT2D eigenvalue weighted by molar-refractivity contribution is -0.140. The van der Waals surface area contributed by atoms with Gasteiger partial charge in [0.15, 0.2) is 0 Å². The van der Waals surface area contributed by atoms with Gasteiger partial charge in [0.05, 0.1) is 23.1 Å². The van der Waals surface area contributed by atoms with Gasteiger partial charge in [-0.05, 0) is 76.8 Å². The topological polar surface area (TPSA) is 126 Å². The van der Waals surface area contributed by atoms with Crippen molar-refractivity contribution in [2.24, 2.45) is 5.92 Å². The molecule has 3 N–H and O–H groups in total. The molecule has 9 heteroatoms. The maximum absolute atomic E-state index is 12.7. The maximum atomic E-state index is 12.7. The summed E-state index contributed by atoms with van der Waals surface area (Å²) in [4.78, 5) is 37.6. The number of rotatable bonds is 10. The summed E-state index contributed by atoms with van der Waals surface area (Å²) in [7, 11) is 0. The molecule has 1 aliphatic heterocycles. The minimum atomic E-state index is -1.08. The van der Waals surface area contributed by atoms with E-state index in [1.54, 1.807) is 20.8 Å². The monoisotopic (exact) mass is 481 g/mol. The van der Waals surface area contributed by atoms with Crippen LogP contribution < -0.4 is 10.6 Å². The zero-order valence-electron chi connectivity index (χ0n) is 20.8. The predicted molar refractivity (Wildman–Crippen MR) is 132 cm³/mol. The van der Waals surface area contributed by atoms with Crippen LogP contribution in [0.4, 0.5) is 5.82 Å². The van der Waals surface area contributed by atoms with Crippen LogP contribution in [-0.2, 0) is 22.4 Å². The number of pyridine rings is 1. The number of carbonyl (C=O) groups is 2. The molecule has 1 amide bonds. The van der Waals surface area contributed by atoms with Crippen LogP contribution in [0.5, 0.6) is 0 Å². The summed E-state index contributed by atoms with van der Waals surface area (Å²) in [5.74, 6) is 0.678. The van der Waals surface area contributed by atoms with Crippen molar-refractivity contribution in [2.45, 2.75) is 77.9 Å². The third kappa shape index (κ3) is 6.33. The van der Waals surface area contributed by atoms with Crippen LogP contribution in [0, 0.1) is 26.7 Å². The Kier molecular flexibility index (Phi) is 7.95. The van der Waals surface area contributed by atoms with E-state index in [2.05, 4.69) is 32.7 Å². The minimum absolute atomic E-state index is 0.151. The summed E-state index contributed by atoms with van der Waals surface area (Å²) in [5.41, 5.74) is 3.84.